The highest BCUT2D eigenvalue weighted by atomic mass is 32.2. The van der Waals surface area contributed by atoms with E-state index in [2.05, 4.69) is 10.2 Å². The quantitative estimate of drug-likeness (QED) is 0.188. The second kappa shape index (κ2) is 10.9. The first-order chi connectivity index (χ1) is 17.0. The molecule has 0 aliphatic carbocycles. The lowest BCUT2D eigenvalue weighted by Crippen LogP contribution is -2.16. The molecule has 0 bridgehead atoms. The van der Waals surface area contributed by atoms with Crippen molar-refractivity contribution in [1.29, 1.82) is 0 Å². The number of thioether (sulfide) groups is 1. The van der Waals surface area contributed by atoms with E-state index in [9.17, 15) is 18.4 Å². The zero-order valence-electron chi connectivity index (χ0n) is 18.5. The van der Waals surface area contributed by atoms with E-state index in [-0.39, 0.29) is 22.9 Å². The standard InChI is InChI=1S/C25H19F2N3O4S/c1-33-22-12-9-17(13-20(22)27)21(31)14-34-23(32)15-35-25-29-28-24(16-7-10-18(26)11-8-16)30(25)19-5-3-2-4-6-19/h2-13H,14-15H2,1H3. The van der Waals surface area contributed by atoms with Gasteiger partial charge in [0.2, 0.25) is 0 Å². The molecule has 0 N–H and O–H groups in total. The Balaban J connectivity index is 1.44. The third-order valence-electron chi connectivity index (χ3n) is 4.91. The molecule has 0 saturated carbocycles. The lowest BCUT2D eigenvalue weighted by atomic mass is 10.1. The van der Waals surface area contributed by atoms with Crippen molar-refractivity contribution in [2.24, 2.45) is 0 Å². The molecule has 0 aliphatic rings. The fourth-order valence-corrected chi connectivity index (χ4v) is 3.94. The molecule has 0 aliphatic heterocycles. The first-order valence-corrected chi connectivity index (χ1v) is 11.4. The molecule has 0 radical (unpaired) electrons. The molecule has 35 heavy (non-hydrogen) atoms. The molecule has 0 spiro atoms. The van der Waals surface area contributed by atoms with Crippen LogP contribution < -0.4 is 4.74 Å². The van der Waals surface area contributed by atoms with E-state index in [0.717, 1.165) is 23.5 Å². The number of hydrogen-bond acceptors (Lipinski definition) is 7. The van der Waals surface area contributed by atoms with Crippen molar-refractivity contribution >= 4 is 23.5 Å². The van der Waals surface area contributed by atoms with Crippen LogP contribution in [0.25, 0.3) is 17.1 Å². The zero-order valence-corrected chi connectivity index (χ0v) is 19.3. The minimum absolute atomic E-state index is 0.0116. The normalized spacial score (nSPS) is 10.7. The lowest BCUT2D eigenvalue weighted by Gasteiger charge is -2.10. The van der Waals surface area contributed by atoms with E-state index < -0.39 is 24.2 Å². The number of benzene rings is 3. The van der Waals surface area contributed by atoms with Crippen molar-refractivity contribution in [2.45, 2.75) is 5.16 Å². The summed E-state index contributed by atoms with van der Waals surface area (Å²) in [5, 5.41) is 8.82. The maximum atomic E-state index is 13.8. The first kappa shape index (κ1) is 24.1. The van der Waals surface area contributed by atoms with Crippen molar-refractivity contribution in [1.82, 2.24) is 14.8 Å². The van der Waals surface area contributed by atoms with Crippen molar-refractivity contribution in [3.8, 4) is 22.8 Å². The van der Waals surface area contributed by atoms with Crippen LogP contribution in [0.4, 0.5) is 8.78 Å². The summed E-state index contributed by atoms with van der Waals surface area (Å²) >= 11 is 1.08. The second-order valence-corrected chi connectivity index (χ2v) is 8.15. The van der Waals surface area contributed by atoms with Gasteiger partial charge in [-0.05, 0) is 54.6 Å². The summed E-state index contributed by atoms with van der Waals surface area (Å²) in [7, 11) is 1.32. The molecular weight excluding hydrogens is 476 g/mol. The largest absolute Gasteiger partial charge is 0.494 e. The van der Waals surface area contributed by atoms with Crippen LogP contribution in [-0.2, 0) is 9.53 Å². The van der Waals surface area contributed by atoms with Gasteiger partial charge in [0, 0.05) is 16.8 Å². The van der Waals surface area contributed by atoms with Gasteiger partial charge in [-0.3, -0.25) is 14.2 Å². The number of para-hydroxylation sites is 1. The number of rotatable bonds is 9. The summed E-state index contributed by atoms with van der Waals surface area (Å²) < 4.78 is 38.8. The van der Waals surface area contributed by atoms with E-state index in [4.69, 9.17) is 9.47 Å². The van der Waals surface area contributed by atoms with Gasteiger partial charge in [0.1, 0.15) is 5.82 Å². The van der Waals surface area contributed by atoms with Crippen LogP contribution >= 0.6 is 11.8 Å². The average Bonchev–Trinajstić information content (AvgIpc) is 3.31. The number of carbonyl (C=O) groups excluding carboxylic acids is 2. The number of ether oxygens (including phenoxy) is 2. The molecule has 0 amide bonds. The van der Waals surface area contributed by atoms with Gasteiger partial charge in [-0.1, -0.05) is 30.0 Å². The van der Waals surface area contributed by atoms with Crippen molar-refractivity contribution in [3.63, 3.8) is 0 Å². The van der Waals surface area contributed by atoms with Gasteiger partial charge in [0.05, 0.1) is 12.9 Å². The highest BCUT2D eigenvalue weighted by molar-refractivity contribution is 7.99. The SMILES string of the molecule is COc1ccc(C(=O)COC(=O)CSc2nnc(-c3ccc(F)cc3)n2-c2ccccc2)cc1F. The van der Waals surface area contributed by atoms with Gasteiger partial charge < -0.3 is 9.47 Å². The van der Waals surface area contributed by atoms with E-state index in [1.807, 2.05) is 30.3 Å². The number of Topliss-reactive ketones (excluding diaryl/α,β-unsaturated/α-hetero) is 1. The van der Waals surface area contributed by atoms with Crippen LogP contribution in [0.5, 0.6) is 5.75 Å². The third-order valence-corrected chi connectivity index (χ3v) is 5.81. The maximum absolute atomic E-state index is 13.8. The Hall–Kier alpha value is -4.05. The second-order valence-electron chi connectivity index (χ2n) is 7.21. The molecular formula is C25H19F2N3O4S. The van der Waals surface area contributed by atoms with Crippen molar-refractivity contribution < 1.29 is 27.8 Å². The van der Waals surface area contributed by atoms with E-state index in [1.165, 1.54) is 31.4 Å². The van der Waals surface area contributed by atoms with Gasteiger partial charge in [0.15, 0.2) is 34.9 Å². The molecule has 10 heteroatoms. The molecule has 7 nitrogen and oxygen atoms in total. The number of aromatic nitrogens is 3. The van der Waals surface area contributed by atoms with Gasteiger partial charge in [-0.25, -0.2) is 8.78 Å². The molecule has 4 aromatic rings. The van der Waals surface area contributed by atoms with Crippen LogP contribution in [0, 0.1) is 11.6 Å². The topological polar surface area (TPSA) is 83.3 Å². The number of hydrogen-bond donors (Lipinski definition) is 0. The van der Waals surface area contributed by atoms with E-state index in [1.54, 1.807) is 16.7 Å². The smallest absolute Gasteiger partial charge is 0.316 e. The van der Waals surface area contributed by atoms with E-state index in [0.29, 0.717) is 16.5 Å². The Morgan fingerprint density at radius 1 is 0.971 bits per heavy atom. The highest BCUT2D eigenvalue weighted by Crippen LogP contribution is 2.28. The van der Waals surface area contributed by atoms with E-state index >= 15 is 0 Å². The molecule has 178 valence electrons. The lowest BCUT2D eigenvalue weighted by molar-refractivity contribution is -0.139. The number of methoxy groups -OCH3 is 1. The summed E-state index contributed by atoms with van der Waals surface area (Å²) in [4.78, 5) is 24.5. The van der Waals surface area contributed by atoms with Gasteiger partial charge >= 0.3 is 5.97 Å². The fourth-order valence-electron chi connectivity index (χ4n) is 3.19. The number of halogens is 2. The van der Waals surface area contributed by atoms with Crippen LogP contribution in [0.3, 0.4) is 0 Å². The Morgan fingerprint density at radius 3 is 2.40 bits per heavy atom. The Kier molecular flexibility index (Phi) is 7.51. The minimum Gasteiger partial charge on any atom is -0.494 e. The Bertz CT molecular complexity index is 1340. The zero-order chi connectivity index (χ0) is 24.8. The summed E-state index contributed by atoms with van der Waals surface area (Å²) in [5.41, 5.74) is 1.47. The predicted molar refractivity (Wildman–Crippen MR) is 126 cm³/mol. The molecule has 1 aromatic heterocycles. The highest BCUT2D eigenvalue weighted by Gasteiger charge is 2.18. The maximum Gasteiger partial charge on any atom is 0.316 e. The molecule has 0 atom stereocenters. The van der Waals surface area contributed by atoms with Gasteiger partial charge in [0.25, 0.3) is 0 Å². The van der Waals surface area contributed by atoms with Crippen LogP contribution in [0.1, 0.15) is 10.4 Å². The number of ketones is 1. The van der Waals surface area contributed by atoms with Gasteiger partial charge in [-0.2, -0.15) is 0 Å². The molecule has 3 aromatic carbocycles. The fraction of sp³-hybridized carbons (Fsp3) is 0.120. The molecule has 0 saturated heterocycles. The summed E-state index contributed by atoms with van der Waals surface area (Å²) in [6.07, 6.45) is 0. The van der Waals surface area contributed by atoms with Crippen LogP contribution in [0.2, 0.25) is 0 Å². The summed E-state index contributed by atoms with van der Waals surface area (Å²) in [6.45, 7) is -0.530. The summed E-state index contributed by atoms with van der Waals surface area (Å²) in [6, 6.07) is 18.9. The number of nitrogens with zero attached hydrogens (tertiary/aromatic N) is 3. The monoisotopic (exact) mass is 495 g/mol. The molecule has 0 fully saturated rings. The van der Waals surface area contributed by atoms with Crippen LogP contribution in [-0.4, -0.2) is 46.0 Å². The summed E-state index contributed by atoms with van der Waals surface area (Å²) in [5.74, 6) is -1.90. The number of carbonyl (C=O) groups is 2. The predicted octanol–water partition coefficient (Wildman–Crippen LogP) is 4.74. The average molecular weight is 496 g/mol. The van der Waals surface area contributed by atoms with Crippen molar-refractivity contribution in [2.75, 3.05) is 19.5 Å². The van der Waals surface area contributed by atoms with Crippen LogP contribution in [0.15, 0.2) is 78.0 Å². The molecule has 1 heterocycles. The third kappa shape index (κ3) is 5.72. The molecule has 0 unspecified atom stereocenters. The molecule has 4 rings (SSSR count). The minimum atomic E-state index is -0.683. The Morgan fingerprint density at radius 2 is 1.71 bits per heavy atom. The van der Waals surface area contributed by atoms with Gasteiger partial charge in [-0.15, -0.1) is 10.2 Å². The first-order valence-electron chi connectivity index (χ1n) is 10.4. The number of esters is 1. The van der Waals surface area contributed by atoms with Crippen molar-refractivity contribution in [3.05, 3.63) is 90.0 Å². The Labute approximate surface area is 203 Å².